The van der Waals surface area contributed by atoms with Crippen molar-refractivity contribution in [3.8, 4) is 0 Å². The van der Waals surface area contributed by atoms with Gasteiger partial charge in [0.15, 0.2) is 0 Å². The molecule has 2 unspecified atom stereocenters. The summed E-state index contributed by atoms with van der Waals surface area (Å²) >= 11 is 4.32. The number of sulfonamides is 1. The number of esters is 2. The largest absolute Gasteiger partial charge is 0.393 e. The molecule has 20 heavy (non-hydrogen) atoms. The van der Waals surface area contributed by atoms with Gasteiger partial charge in [-0.15, -0.1) is 11.3 Å². The summed E-state index contributed by atoms with van der Waals surface area (Å²) in [5.41, 5.74) is 0. The lowest BCUT2D eigenvalue weighted by atomic mass is 9.89. The molecule has 2 atom stereocenters. The third kappa shape index (κ3) is 2.12. The molecule has 2 saturated heterocycles. The number of hydrogen-bond donors (Lipinski definition) is 0. The first-order chi connectivity index (χ1) is 9.41. The summed E-state index contributed by atoms with van der Waals surface area (Å²) < 4.78 is 31.6. The van der Waals surface area contributed by atoms with Crippen LogP contribution in [0.3, 0.4) is 0 Å². The van der Waals surface area contributed by atoms with Crippen molar-refractivity contribution in [1.29, 1.82) is 0 Å². The molecule has 0 amide bonds. The van der Waals surface area contributed by atoms with Gasteiger partial charge in [-0.3, -0.25) is 9.59 Å². The van der Waals surface area contributed by atoms with Crippen molar-refractivity contribution in [3.63, 3.8) is 0 Å². The summed E-state index contributed by atoms with van der Waals surface area (Å²) in [6.07, 6.45) is 0.317. The minimum atomic E-state index is -3.64. The van der Waals surface area contributed by atoms with E-state index < -0.39 is 33.8 Å². The molecule has 0 bridgehead atoms. The summed E-state index contributed by atoms with van der Waals surface area (Å²) in [6.45, 7) is 0.220. The van der Waals surface area contributed by atoms with Crippen LogP contribution in [-0.2, 0) is 24.3 Å². The van der Waals surface area contributed by atoms with Crippen molar-refractivity contribution in [2.45, 2.75) is 10.6 Å². The van der Waals surface area contributed by atoms with Gasteiger partial charge in [0.05, 0.1) is 11.8 Å². The number of piperidine rings is 1. The van der Waals surface area contributed by atoms with Crippen molar-refractivity contribution in [2.75, 3.05) is 13.1 Å². The van der Waals surface area contributed by atoms with Crippen LogP contribution in [0.4, 0.5) is 0 Å². The van der Waals surface area contributed by atoms with Crippen LogP contribution < -0.4 is 0 Å². The minimum absolute atomic E-state index is 0.00190. The number of hydrogen-bond acceptors (Lipinski definition) is 6. The Morgan fingerprint density at radius 2 is 2.00 bits per heavy atom. The summed E-state index contributed by atoms with van der Waals surface area (Å²) in [5, 5.41) is 1.68. The van der Waals surface area contributed by atoms with E-state index in [0.29, 0.717) is 10.9 Å². The summed E-state index contributed by atoms with van der Waals surface area (Å²) in [6, 6.07) is 1.66. The average Bonchev–Trinajstić information content (AvgIpc) is 2.95. The summed E-state index contributed by atoms with van der Waals surface area (Å²) in [4.78, 5) is 23.0. The van der Waals surface area contributed by atoms with Gasteiger partial charge < -0.3 is 4.74 Å². The topological polar surface area (TPSA) is 80.8 Å². The normalized spacial score (nSPS) is 27.4. The molecular formula is C11H10BrNO5S2. The zero-order valence-electron chi connectivity index (χ0n) is 10.1. The maximum absolute atomic E-state index is 12.5. The number of cyclic esters (lactones) is 2. The predicted octanol–water partition coefficient (Wildman–Crippen LogP) is 1.22. The SMILES string of the molecule is O=C1OC(=O)C2CN(S(=O)(=O)c3sccc3Br)CCC12. The van der Waals surface area contributed by atoms with Crippen LogP contribution in [0.15, 0.2) is 20.1 Å². The van der Waals surface area contributed by atoms with Crippen molar-refractivity contribution >= 4 is 49.2 Å². The molecule has 108 valence electrons. The van der Waals surface area contributed by atoms with Gasteiger partial charge in [-0.1, -0.05) is 0 Å². The highest BCUT2D eigenvalue weighted by atomic mass is 79.9. The first kappa shape index (κ1) is 14.2. The molecule has 0 aromatic carbocycles. The van der Waals surface area contributed by atoms with Crippen LogP contribution in [-0.4, -0.2) is 37.8 Å². The monoisotopic (exact) mass is 379 g/mol. The number of carbonyl (C=O) groups is 2. The summed E-state index contributed by atoms with van der Waals surface area (Å²) in [7, 11) is -3.64. The molecule has 1 aromatic rings. The predicted molar refractivity (Wildman–Crippen MR) is 73.5 cm³/mol. The Kier molecular flexibility index (Phi) is 3.47. The fourth-order valence-electron chi connectivity index (χ4n) is 2.49. The van der Waals surface area contributed by atoms with E-state index in [0.717, 1.165) is 11.3 Å². The molecule has 6 nitrogen and oxygen atoms in total. The Morgan fingerprint density at radius 3 is 2.65 bits per heavy atom. The Hall–Kier alpha value is -0.770. The van der Waals surface area contributed by atoms with E-state index in [9.17, 15) is 18.0 Å². The minimum Gasteiger partial charge on any atom is -0.393 e. The lowest BCUT2D eigenvalue weighted by molar-refractivity contribution is -0.153. The number of halogens is 1. The smallest absolute Gasteiger partial charge is 0.318 e. The van der Waals surface area contributed by atoms with E-state index in [-0.39, 0.29) is 17.3 Å². The molecule has 1 aromatic heterocycles. The molecule has 2 fully saturated rings. The number of fused-ring (bicyclic) bond motifs is 1. The zero-order chi connectivity index (χ0) is 14.5. The van der Waals surface area contributed by atoms with Gasteiger partial charge in [0.25, 0.3) is 10.0 Å². The molecule has 0 spiro atoms. The van der Waals surface area contributed by atoms with Crippen LogP contribution >= 0.6 is 27.3 Å². The fourth-order valence-corrected chi connectivity index (χ4v) is 6.42. The van der Waals surface area contributed by atoms with Crippen LogP contribution in [0.5, 0.6) is 0 Å². The Labute approximate surface area is 127 Å². The zero-order valence-corrected chi connectivity index (χ0v) is 13.3. The van der Waals surface area contributed by atoms with Gasteiger partial charge in [0, 0.05) is 17.6 Å². The molecule has 0 aliphatic carbocycles. The molecule has 0 radical (unpaired) electrons. The highest BCUT2D eigenvalue weighted by Gasteiger charge is 2.49. The molecule has 0 N–H and O–H groups in total. The number of rotatable bonds is 2. The van der Waals surface area contributed by atoms with E-state index in [2.05, 4.69) is 20.7 Å². The molecule has 2 aliphatic rings. The molecule has 3 heterocycles. The third-order valence-corrected chi connectivity index (χ3v) is 8.05. The van der Waals surface area contributed by atoms with Gasteiger partial charge in [0.1, 0.15) is 4.21 Å². The van der Waals surface area contributed by atoms with Gasteiger partial charge in [-0.05, 0) is 33.8 Å². The fraction of sp³-hybridized carbons (Fsp3) is 0.455. The number of nitrogens with zero attached hydrogens (tertiary/aromatic N) is 1. The van der Waals surface area contributed by atoms with Gasteiger partial charge >= 0.3 is 11.9 Å². The molecule has 2 aliphatic heterocycles. The van der Waals surface area contributed by atoms with Crippen molar-refractivity contribution < 1.29 is 22.7 Å². The van der Waals surface area contributed by atoms with Crippen LogP contribution in [0.1, 0.15) is 6.42 Å². The van der Waals surface area contributed by atoms with Crippen molar-refractivity contribution in [1.82, 2.24) is 4.31 Å². The first-order valence-corrected chi connectivity index (χ1v) is 9.01. The van der Waals surface area contributed by atoms with E-state index in [1.165, 1.54) is 4.31 Å². The maximum Gasteiger partial charge on any atom is 0.318 e. The quantitative estimate of drug-likeness (QED) is 0.569. The number of ether oxygens (including phenoxy) is 1. The van der Waals surface area contributed by atoms with Crippen LogP contribution in [0, 0.1) is 11.8 Å². The highest BCUT2D eigenvalue weighted by molar-refractivity contribution is 9.10. The van der Waals surface area contributed by atoms with E-state index in [4.69, 9.17) is 0 Å². The maximum atomic E-state index is 12.5. The second-order valence-electron chi connectivity index (χ2n) is 4.66. The van der Waals surface area contributed by atoms with Crippen LogP contribution in [0.25, 0.3) is 0 Å². The third-order valence-electron chi connectivity index (χ3n) is 3.54. The average molecular weight is 380 g/mol. The summed E-state index contributed by atoms with van der Waals surface area (Å²) in [5.74, 6) is -2.33. The molecule has 9 heteroatoms. The second-order valence-corrected chi connectivity index (χ2v) is 8.56. The second kappa shape index (κ2) is 4.90. The van der Waals surface area contributed by atoms with Crippen LogP contribution in [0.2, 0.25) is 0 Å². The number of thiophene rings is 1. The standard InChI is InChI=1S/C11H10BrNO5S2/c12-8-2-4-19-11(8)20(16,17)13-3-1-6-7(5-13)10(15)18-9(6)14/h2,4,6-7H,1,3,5H2. The van der Waals surface area contributed by atoms with Crippen molar-refractivity contribution in [3.05, 3.63) is 15.9 Å². The Balaban J connectivity index is 1.88. The van der Waals surface area contributed by atoms with Gasteiger partial charge in [-0.25, -0.2) is 8.42 Å². The first-order valence-electron chi connectivity index (χ1n) is 5.90. The molecule has 0 saturated carbocycles. The van der Waals surface area contributed by atoms with E-state index in [1.54, 1.807) is 11.4 Å². The lowest BCUT2D eigenvalue weighted by Gasteiger charge is -2.30. The van der Waals surface area contributed by atoms with E-state index in [1.807, 2.05) is 0 Å². The Morgan fingerprint density at radius 1 is 1.30 bits per heavy atom. The Bertz CT molecular complexity index is 683. The number of carbonyl (C=O) groups excluding carboxylic acids is 2. The van der Waals surface area contributed by atoms with Gasteiger partial charge in [-0.2, -0.15) is 4.31 Å². The van der Waals surface area contributed by atoms with Crippen molar-refractivity contribution in [2.24, 2.45) is 11.8 Å². The molecule has 3 rings (SSSR count). The molecular weight excluding hydrogens is 370 g/mol. The highest BCUT2D eigenvalue weighted by Crippen LogP contribution is 2.36. The lowest BCUT2D eigenvalue weighted by Crippen LogP contribution is -2.44. The van der Waals surface area contributed by atoms with E-state index >= 15 is 0 Å². The van der Waals surface area contributed by atoms with Gasteiger partial charge in [0.2, 0.25) is 0 Å².